The number of ether oxygens (including phenoxy) is 1. The smallest absolute Gasteiger partial charge is 0.377 e. The third-order valence-electron chi connectivity index (χ3n) is 5.38. The zero-order chi connectivity index (χ0) is 21.5. The lowest BCUT2D eigenvalue weighted by Crippen LogP contribution is -2.52. The second kappa shape index (κ2) is 8.07. The van der Waals surface area contributed by atoms with Crippen molar-refractivity contribution in [2.45, 2.75) is 44.7 Å². The van der Waals surface area contributed by atoms with E-state index in [-0.39, 0.29) is 37.1 Å². The highest BCUT2D eigenvalue weighted by molar-refractivity contribution is 6.30. The lowest BCUT2D eigenvalue weighted by molar-refractivity contribution is -0.153. The monoisotopic (exact) mass is 443 g/mol. The Morgan fingerprint density at radius 3 is 2.80 bits per heavy atom. The number of rotatable bonds is 3. The van der Waals surface area contributed by atoms with Gasteiger partial charge in [-0.2, -0.15) is 18.2 Å². The summed E-state index contributed by atoms with van der Waals surface area (Å²) in [6, 6.07) is 2.63. The summed E-state index contributed by atoms with van der Waals surface area (Å²) >= 11 is 5.99. The quantitative estimate of drug-likeness (QED) is 0.727. The molecule has 4 rings (SSSR count). The average Bonchev–Trinajstić information content (AvgIpc) is 2.68. The Hall–Kier alpha value is -2.33. The fourth-order valence-electron chi connectivity index (χ4n) is 3.90. The maximum Gasteiger partial charge on any atom is 0.408 e. The SMILES string of the molecule is C[C@@H]1COCCN1c1cc(=O)n2c(n1)N(Cc1cc(Cl)ccn1)[C@H](C(F)(F)F)CC2. The molecule has 2 atom stereocenters. The second-order valence-corrected chi connectivity index (χ2v) is 7.90. The number of hydrogen-bond acceptors (Lipinski definition) is 6. The summed E-state index contributed by atoms with van der Waals surface area (Å²) in [6.07, 6.45) is -3.29. The van der Waals surface area contributed by atoms with Crippen LogP contribution in [0.4, 0.5) is 24.9 Å². The lowest BCUT2D eigenvalue weighted by atomic mass is 10.1. The summed E-state index contributed by atoms with van der Waals surface area (Å²) in [4.78, 5) is 24.4. The van der Waals surface area contributed by atoms with Gasteiger partial charge in [-0.3, -0.25) is 14.3 Å². The average molecular weight is 444 g/mol. The minimum atomic E-state index is -4.48. The number of halogens is 4. The summed E-state index contributed by atoms with van der Waals surface area (Å²) < 4.78 is 48.3. The third kappa shape index (κ3) is 4.11. The Morgan fingerprint density at radius 2 is 2.10 bits per heavy atom. The van der Waals surface area contributed by atoms with Crippen molar-refractivity contribution in [2.24, 2.45) is 0 Å². The number of fused-ring (bicyclic) bond motifs is 1. The molecule has 4 heterocycles. The number of alkyl halides is 3. The van der Waals surface area contributed by atoms with Crippen molar-refractivity contribution >= 4 is 23.4 Å². The summed E-state index contributed by atoms with van der Waals surface area (Å²) in [7, 11) is 0. The van der Waals surface area contributed by atoms with Gasteiger partial charge in [0.25, 0.3) is 5.56 Å². The highest BCUT2D eigenvalue weighted by atomic mass is 35.5. The fourth-order valence-corrected chi connectivity index (χ4v) is 4.09. The number of nitrogens with zero attached hydrogens (tertiary/aromatic N) is 5. The molecule has 2 aromatic heterocycles. The van der Waals surface area contributed by atoms with Gasteiger partial charge in [0.2, 0.25) is 5.95 Å². The number of morpholine rings is 1. The van der Waals surface area contributed by atoms with Crippen LogP contribution in [0.2, 0.25) is 5.02 Å². The van der Waals surface area contributed by atoms with Crippen LogP contribution in [-0.2, 0) is 17.8 Å². The predicted octanol–water partition coefficient (Wildman–Crippen LogP) is 2.86. The molecule has 2 aromatic rings. The van der Waals surface area contributed by atoms with E-state index in [1.54, 1.807) is 6.07 Å². The van der Waals surface area contributed by atoms with Crippen LogP contribution < -0.4 is 15.4 Å². The molecule has 2 aliphatic heterocycles. The van der Waals surface area contributed by atoms with Gasteiger partial charge < -0.3 is 14.5 Å². The van der Waals surface area contributed by atoms with Gasteiger partial charge in [0.1, 0.15) is 11.9 Å². The van der Waals surface area contributed by atoms with Gasteiger partial charge in [-0.15, -0.1) is 0 Å². The van der Waals surface area contributed by atoms with Gasteiger partial charge in [-0.25, -0.2) is 0 Å². The summed E-state index contributed by atoms with van der Waals surface area (Å²) in [5.41, 5.74) is -0.0111. The van der Waals surface area contributed by atoms with E-state index < -0.39 is 12.2 Å². The molecule has 0 aromatic carbocycles. The molecule has 0 saturated carbocycles. The van der Waals surface area contributed by atoms with Crippen molar-refractivity contribution in [2.75, 3.05) is 29.6 Å². The van der Waals surface area contributed by atoms with Crippen LogP contribution in [-0.4, -0.2) is 52.6 Å². The van der Waals surface area contributed by atoms with E-state index in [0.717, 1.165) is 4.90 Å². The van der Waals surface area contributed by atoms with Crippen LogP contribution >= 0.6 is 11.6 Å². The summed E-state index contributed by atoms with van der Waals surface area (Å²) in [6.45, 7) is 3.13. The Kier molecular flexibility index (Phi) is 5.63. The largest absolute Gasteiger partial charge is 0.408 e. The first-order valence-electron chi connectivity index (χ1n) is 9.64. The van der Waals surface area contributed by atoms with Gasteiger partial charge in [-0.05, 0) is 25.5 Å². The van der Waals surface area contributed by atoms with Gasteiger partial charge >= 0.3 is 6.18 Å². The molecule has 1 fully saturated rings. The van der Waals surface area contributed by atoms with Crippen molar-refractivity contribution in [3.8, 4) is 0 Å². The molecule has 0 unspecified atom stereocenters. The topological polar surface area (TPSA) is 63.5 Å². The molecule has 0 aliphatic carbocycles. The molecule has 0 radical (unpaired) electrons. The highest BCUT2D eigenvalue weighted by Crippen LogP contribution is 2.35. The number of anilines is 2. The first kappa shape index (κ1) is 20.9. The standard InChI is InChI=1S/C19H21ClF3N5O2/c1-12-11-30-7-6-26(12)16-9-17(29)27-5-3-15(19(21,22)23)28(18(27)25-16)10-14-8-13(20)2-4-24-14/h2,4,8-9,12,15H,3,5-7,10-11H2,1H3/t12-,15+/m1/s1. The van der Waals surface area contributed by atoms with Crippen molar-refractivity contribution in [3.05, 3.63) is 45.5 Å². The van der Waals surface area contributed by atoms with Crippen LogP contribution in [0.1, 0.15) is 19.0 Å². The van der Waals surface area contributed by atoms with Crippen molar-refractivity contribution in [3.63, 3.8) is 0 Å². The Labute approximate surface area is 176 Å². The predicted molar refractivity (Wildman–Crippen MR) is 106 cm³/mol. The zero-order valence-corrected chi connectivity index (χ0v) is 17.0. The van der Waals surface area contributed by atoms with Crippen LogP contribution in [0.15, 0.2) is 29.2 Å². The summed E-state index contributed by atoms with van der Waals surface area (Å²) in [5.74, 6) is 0.348. The van der Waals surface area contributed by atoms with E-state index in [0.29, 0.717) is 36.3 Å². The third-order valence-corrected chi connectivity index (χ3v) is 5.62. The molecule has 30 heavy (non-hydrogen) atoms. The van der Waals surface area contributed by atoms with Crippen LogP contribution in [0.5, 0.6) is 0 Å². The Balaban J connectivity index is 1.79. The maximum absolute atomic E-state index is 13.9. The molecule has 7 nitrogen and oxygen atoms in total. The van der Waals surface area contributed by atoms with Crippen LogP contribution in [0.25, 0.3) is 0 Å². The van der Waals surface area contributed by atoms with Gasteiger partial charge in [0.05, 0.1) is 31.5 Å². The lowest BCUT2D eigenvalue weighted by Gasteiger charge is -2.40. The molecule has 0 amide bonds. The fraction of sp³-hybridized carbons (Fsp3) is 0.526. The van der Waals surface area contributed by atoms with E-state index in [2.05, 4.69) is 9.97 Å². The Bertz CT molecular complexity index is 983. The molecule has 11 heteroatoms. The van der Waals surface area contributed by atoms with E-state index in [1.807, 2.05) is 11.8 Å². The van der Waals surface area contributed by atoms with Crippen molar-refractivity contribution in [1.29, 1.82) is 0 Å². The van der Waals surface area contributed by atoms with E-state index in [4.69, 9.17) is 16.3 Å². The minimum absolute atomic E-state index is 0.00783. The molecular weight excluding hydrogens is 423 g/mol. The molecule has 2 aliphatic rings. The number of pyridine rings is 1. The highest BCUT2D eigenvalue weighted by Gasteiger charge is 2.47. The molecule has 0 bridgehead atoms. The molecule has 162 valence electrons. The second-order valence-electron chi connectivity index (χ2n) is 7.46. The van der Waals surface area contributed by atoms with Crippen molar-refractivity contribution in [1.82, 2.24) is 14.5 Å². The van der Waals surface area contributed by atoms with E-state index >= 15 is 0 Å². The molecule has 0 spiro atoms. The molecule has 1 saturated heterocycles. The first-order chi connectivity index (χ1) is 14.2. The minimum Gasteiger partial charge on any atom is -0.377 e. The van der Waals surface area contributed by atoms with Crippen LogP contribution in [0.3, 0.4) is 0 Å². The first-order valence-corrected chi connectivity index (χ1v) is 10.0. The summed E-state index contributed by atoms with van der Waals surface area (Å²) in [5, 5.41) is 0.377. The molecular formula is C19H21ClF3N5O2. The zero-order valence-electron chi connectivity index (χ0n) is 16.3. The van der Waals surface area contributed by atoms with Gasteiger partial charge in [-0.1, -0.05) is 11.6 Å². The normalized spacial score (nSPS) is 22.2. The molecule has 0 N–H and O–H groups in total. The number of hydrogen-bond donors (Lipinski definition) is 0. The van der Waals surface area contributed by atoms with Gasteiger partial charge in [0, 0.05) is 30.4 Å². The van der Waals surface area contributed by atoms with Gasteiger partial charge in [0.15, 0.2) is 0 Å². The van der Waals surface area contributed by atoms with E-state index in [1.165, 1.54) is 22.9 Å². The number of aromatic nitrogens is 3. The Morgan fingerprint density at radius 1 is 1.30 bits per heavy atom. The van der Waals surface area contributed by atoms with Crippen LogP contribution in [0, 0.1) is 0 Å². The van der Waals surface area contributed by atoms with Crippen molar-refractivity contribution < 1.29 is 17.9 Å². The maximum atomic E-state index is 13.9. The van der Waals surface area contributed by atoms with E-state index in [9.17, 15) is 18.0 Å².